The number of benzene rings is 1. The van der Waals surface area contributed by atoms with Gasteiger partial charge in [-0.2, -0.15) is 0 Å². The third-order valence-electron chi connectivity index (χ3n) is 5.51. The highest BCUT2D eigenvalue weighted by Gasteiger charge is 2.55. The summed E-state index contributed by atoms with van der Waals surface area (Å²) >= 11 is 0. The smallest absolute Gasteiger partial charge is 0.311 e. The van der Waals surface area contributed by atoms with Crippen LogP contribution in [0.25, 0.3) is 0 Å². The highest BCUT2D eigenvalue weighted by atomic mass is 16.5. The molecule has 2 aliphatic rings. The van der Waals surface area contributed by atoms with Gasteiger partial charge in [-0.05, 0) is 36.8 Å². The lowest BCUT2D eigenvalue weighted by molar-refractivity contribution is -0.144. The van der Waals surface area contributed by atoms with E-state index in [9.17, 15) is 15.0 Å². The zero-order chi connectivity index (χ0) is 17.7. The molecule has 24 heavy (non-hydrogen) atoms. The van der Waals surface area contributed by atoms with Crippen molar-refractivity contribution in [3.05, 3.63) is 29.3 Å². The average Bonchev–Trinajstić information content (AvgIpc) is 3.30. The second-order valence-electron chi connectivity index (χ2n) is 8.21. The number of aliphatic hydroxyl groups excluding tert-OH is 1. The highest BCUT2D eigenvalue weighted by molar-refractivity contribution is 5.78. The molecule has 0 spiro atoms. The number of aliphatic hydroxyl groups is 1. The van der Waals surface area contributed by atoms with Gasteiger partial charge in [0.15, 0.2) is 0 Å². The van der Waals surface area contributed by atoms with Crippen LogP contribution in [-0.4, -0.2) is 34.9 Å². The largest absolute Gasteiger partial charge is 0.491 e. The average molecular weight is 333 g/mol. The maximum Gasteiger partial charge on any atom is 0.311 e. The molecule has 1 aliphatic heterocycles. The van der Waals surface area contributed by atoms with Crippen LogP contribution in [-0.2, 0) is 10.2 Å². The zero-order valence-corrected chi connectivity index (χ0v) is 14.8. The fraction of sp³-hybridized carbons (Fsp3) is 0.632. The minimum absolute atomic E-state index is 0.0206. The van der Waals surface area contributed by atoms with E-state index in [0.717, 1.165) is 16.9 Å². The van der Waals surface area contributed by atoms with E-state index < -0.39 is 17.5 Å². The first kappa shape index (κ1) is 17.2. The van der Waals surface area contributed by atoms with Crippen molar-refractivity contribution in [3.8, 4) is 5.75 Å². The van der Waals surface area contributed by atoms with Gasteiger partial charge < -0.3 is 20.3 Å². The monoisotopic (exact) mass is 333 g/mol. The summed E-state index contributed by atoms with van der Waals surface area (Å²) in [6.07, 6.45) is 0.673. The number of aliphatic carboxylic acids is 1. The number of nitrogens with one attached hydrogen (secondary N) is 1. The summed E-state index contributed by atoms with van der Waals surface area (Å²) in [5, 5.41) is 23.4. The lowest BCUT2D eigenvalue weighted by Crippen LogP contribution is -2.51. The molecule has 3 rings (SSSR count). The lowest BCUT2D eigenvalue weighted by atomic mass is 9.85. The number of carbonyl (C=O) groups is 1. The highest BCUT2D eigenvalue weighted by Crippen LogP contribution is 2.49. The predicted octanol–water partition coefficient (Wildman–Crippen LogP) is 2.62. The molecule has 1 aliphatic carbocycles. The van der Waals surface area contributed by atoms with Crippen LogP contribution in [0, 0.1) is 5.41 Å². The van der Waals surface area contributed by atoms with E-state index in [-0.39, 0.29) is 17.5 Å². The second-order valence-corrected chi connectivity index (χ2v) is 8.21. The molecule has 3 N–H and O–H groups in total. The van der Waals surface area contributed by atoms with E-state index in [1.54, 1.807) is 0 Å². The van der Waals surface area contributed by atoms with Crippen molar-refractivity contribution in [2.45, 2.75) is 64.1 Å². The number of hydrogen-bond acceptors (Lipinski definition) is 4. The van der Waals surface area contributed by atoms with E-state index in [1.165, 1.54) is 0 Å². The van der Waals surface area contributed by atoms with E-state index in [2.05, 4.69) is 26.1 Å². The molecule has 0 bridgehead atoms. The standard InChI is InChI=1S/C19H27NO4/c1-11(19(7-8-19)17(22)23)20-14-10-24-15-9-12(18(2,3)4)5-6-13(15)16(14)21/h5-6,9,11,14,16,20-21H,7-8,10H2,1-4H3,(H,22,23)/t11?,14-,16+/m0/s1. The molecule has 1 heterocycles. The van der Waals surface area contributed by atoms with Crippen molar-refractivity contribution < 1.29 is 19.7 Å². The normalized spacial score (nSPS) is 26.2. The molecular weight excluding hydrogens is 306 g/mol. The molecular formula is C19H27NO4. The lowest BCUT2D eigenvalue weighted by Gasteiger charge is -2.35. The van der Waals surface area contributed by atoms with Gasteiger partial charge in [-0.15, -0.1) is 0 Å². The molecule has 5 heteroatoms. The van der Waals surface area contributed by atoms with Crippen molar-refractivity contribution >= 4 is 5.97 Å². The third-order valence-corrected chi connectivity index (χ3v) is 5.51. The zero-order valence-electron chi connectivity index (χ0n) is 14.8. The molecule has 0 aromatic heterocycles. The molecule has 3 atom stereocenters. The Bertz CT molecular complexity index is 645. The molecule has 1 unspecified atom stereocenters. The summed E-state index contributed by atoms with van der Waals surface area (Å²) in [7, 11) is 0. The summed E-state index contributed by atoms with van der Waals surface area (Å²) in [6.45, 7) is 8.64. The molecule has 0 amide bonds. The van der Waals surface area contributed by atoms with Crippen molar-refractivity contribution in [3.63, 3.8) is 0 Å². The quantitative estimate of drug-likeness (QED) is 0.789. The van der Waals surface area contributed by atoms with Crippen molar-refractivity contribution in [2.75, 3.05) is 6.61 Å². The molecule has 5 nitrogen and oxygen atoms in total. The van der Waals surface area contributed by atoms with Gasteiger partial charge in [-0.1, -0.05) is 32.9 Å². The summed E-state index contributed by atoms with van der Waals surface area (Å²) in [4.78, 5) is 11.4. The van der Waals surface area contributed by atoms with Crippen LogP contribution in [0.1, 0.15) is 57.8 Å². The van der Waals surface area contributed by atoms with Crippen LogP contribution in [0.2, 0.25) is 0 Å². The topological polar surface area (TPSA) is 78.8 Å². The fourth-order valence-corrected chi connectivity index (χ4v) is 3.44. The first-order valence-electron chi connectivity index (χ1n) is 8.60. The van der Waals surface area contributed by atoms with Gasteiger partial charge in [-0.3, -0.25) is 4.79 Å². The number of rotatable bonds is 4. The van der Waals surface area contributed by atoms with Crippen molar-refractivity contribution in [1.82, 2.24) is 5.32 Å². The third kappa shape index (κ3) is 2.91. The van der Waals surface area contributed by atoms with Gasteiger partial charge in [-0.25, -0.2) is 0 Å². The number of carboxylic acids is 1. The number of carboxylic acid groups (broad SMARTS) is 1. The fourth-order valence-electron chi connectivity index (χ4n) is 3.44. The van der Waals surface area contributed by atoms with Crippen LogP contribution in [0.3, 0.4) is 0 Å². The van der Waals surface area contributed by atoms with Crippen molar-refractivity contribution in [1.29, 1.82) is 0 Å². The Hall–Kier alpha value is -1.59. The molecule has 132 valence electrons. The maximum absolute atomic E-state index is 11.4. The Labute approximate surface area is 143 Å². The Balaban J connectivity index is 1.75. The van der Waals surface area contributed by atoms with Crippen LogP contribution < -0.4 is 10.1 Å². The first-order valence-corrected chi connectivity index (χ1v) is 8.60. The van der Waals surface area contributed by atoms with Crippen LogP contribution in [0.15, 0.2) is 18.2 Å². The molecule has 1 aromatic carbocycles. The number of fused-ring (bicyclic) bond motifs is 1. The SMILES string of the molecule is CC(N[C@H]1COc2cc(C(C)(C)C)ccc2[C@H]1O)C1(C(=O)O)CC1. The molecule has 0 radical (unpaired) electrons. The predicted molar refractivity (Wildman–Crippen MR) is 91.3 cm³/mol. The summed E-state index contributed by atoms with van der Waals surface area (Å²) in [5.41, 5.74) is 1.26. The van der Waals surface area contributed by atoms with Gasteiger partial charge in [0.2, 0.25) is 0 Å². The Morgan fingerprint density at radius 1 is 1.38 bits per heavy atom. The van der Waals surface area contributed by atoms with Crippen LogP contribution >= 0.6 is 0 Å². The second kappa shape index (κ2) is 5.74. The number of hydrogen-bond donors (Lipinski definition) is 3. The molecule has 0 saturated heterocycles. The van der Waals surface area contributed by atoms with Gasteiger partial charge in [0.1, 0.15) is 18.5 Å². The summed E-state index contributed by atoms with van der Waals surface area (Å²) in [5.74, 6) is -0.0380. The van der Waals surface area contributed by atoms with Crippen LogP contribution in [0.4, 0.5) is 0 Å². The summed E-state index contributed by atoms with van der Waals surface area (Å²) in [6, 6.07) is 5.44. The Kier molecular flexibility index (Phi) is 4.12. The first-order chi connectivity index (χ1) is 11.1. The Morgan fingerprint density at radius 2 is 2.04 bits per heavy atom. The minimum Gasteiger partial charge on any atom is -0.491 e. The van der Waals surface area contributed by atoms with E-state index >= 15 is 0 Å². The minimum atomic E-state index is -0.760. The van der Waals surface area contributed by atoms with Crippen molar-refractivity contribution in [2.24, 2.45) is 5.41 Å². The van der Waals surface area contributed by atoms with E-state index in [4.69, 9.17) is 4.74 Å². The van der Waals surface area contributed by atoms with Gasteiger partial charge >= 0.3 is 5.97 Å². The molecule has 1 aromatic rings. The van der Waals surface area contributed by atoms with Crippen LogP contribution in [0.5, 0.6) is 5.75 Å². The molecule has 1 saturated carbocycles. The maximum atomic E-state index is 11.4. The van der Waals surface area contributed by atoms with Gasteiger partial charge in [0, 0.05) is 11.6 Å². The van der Waals surface area contributed by atoms with E-state index in [1.807, 2.05) is 25.1 Å². The van der Waals surface area contributed by atoms with Gasteiger partial charge in [0.05, 0.1) is 11.5 Å². The van der Waals surface area contributed by atoms with E-state index in [0.29, 0.717) is 19.4 Å². The molecule has 1 fully saturated rings. The number of ether oxygens (including phenoxy) is 1. The summed E-state index contributed by atoms with van der Waals surface area (Å²) < 4.78 is 5.87. The Morgan fingerprint density at radius 3 is 2.58 bits per heavy atom. The van der Waals surface area contributed by atoms with Gasteiger partial charge in [0.25, 0.3) is 0 Å².